The second-order valence-corrected chi connectivity index (χ2v) is 8.80. The number of nitrogens with zero attached hydrogens (tertiary/aromatic N) is 2. The Morgan fingerprint density at radius 2 is 1.70 bits per heavy atom. The standard InChI is InChI=1S/C25H33N3O2/c1-18-14-23(10-11-24(18)28-12-4-5-13-28)26-25(29)22-8-6-21(7-9-22)17-27-15-19(2)30-20(3)16-27/h6-11,14,19-20H,4-5,12-13,15-17H2,1-3H3,(H,26,29). The molecule has 0 aliphatic carbocycles. The van der Waals surface area contributed by atoms with Crippen LogP contribution in [0.25, 0.3) is 0 Å². The summed E-state index contributed by atoms with van der Waals surface area (Å²) in [5.74, 6) is -0.0662. The molecule has 30 heavy (non-hydrogen) atoms. The molecule has 0 spiro atoms. The molecule has 1 amide bonds. The van der Waals surface area contributed by atoms with Gasteiger partial charge in [-0.2, -0.15) is 0 Å². The highest BCUT2D eigenvalue weighted by molar-refractivity contribution is 6.04. The second kappa shape index (κ2) is 9.19. The lowest BCUT2D eigenvalue weighted by Gasteiger charge is -2.35. The average molecular weight is 408 g/mol. The smallest absolute Gasteiger partial charge is 0.255 e. The summed E-state index contributed by atoms with van der Waals surface area (Å²) in [6.45, 7) is 11.4. The van der Waals surface area contributed by atoms with Crippen LogP contribution in [0.15, 0.2) is 42.5 Å². The van der Waals surface area contributed by atoms with E-state index in [1.807, 2.05) is 18.2 Å². The van der Waals surface area contributed by atoms with Crippen molar-refractivity contribution in [1.82, 2.24) is 4.90 Å². The number of hydrogen-bond acceptors (Lipinski definition) is 4. The number of hydrogen-bond donors (Lipinski definition) is 1. The number of carbonyl (C=O) groups excluding carboxylic acids is 1. The first-order valence-electron chi connectivity index (χ1n) is 11.1. The van der Waals surface area contributed by atoms with Crippen LogP contribution in [-0.4, -0.2) is 49.2 Å². The Kier molecular flexibility index (Phi) is 6.40. The van der Waals surface area contributed by atoms with Gasteiger partial charge in [0.15, 0.2) is 0 Å². The van der Waals surface area contributed by atoms with Gasteiger partial charge in [-0.25, -0.2) is 0 Å². The molecule has 2 fully saturated rings. The van der Waals surface area contributed by atoms with E-state index in [9.17, 15) is 4.79 Å². The van der Waals surface area contributed by atoms with Crippen molar-refractivity contribution in [3.05, 3.63) is 59.2 Å². The van der Waals surface area contributed by atoms with Crippen LogP contribution in [-0.2, 0) is 11.3 Å². The van der Waals surface area contributed by atoms with Gasteiger partial charge in [-0.3, -0.25) is 9.69 Å². The Morgan fingerprint density at radius 3 is 2.33 bits per heavy atom. The third kappa shape index (κ3) is 5.02. The number of amides is 1. The van der Waals surface area contributed by atoms with Crippen LogP contribution in [0.3, 0.4) is 0 Å². The number of aryl methyl sites for hydroxylation is 1. The number of benzene rings is 2. The van der Waals surface area contributed by atoms with Crippen molar-refractivity contribution in [2.24, 2.45) is 0 Å². The van der Waals surface area contributed by atoms with Crippen molar-refractivity contribution in [3.8, 4) is 0 Å². The van der Waals surface area contributed by atoms with Crippen LogP contribution in [0.1, 0.15) is 48.2 Å². The maximum absolute atomic E-state index is 12.7. The summed E-state index contributed by atoms with van der Waals surface area (Å²) in [4.78, 5) is 17.5. The van der Waals surface area contributed by atoms with Crippen LogP contribution in [0, 0.1) is 6.92 Å². The molecule has 2 aliphatic heterocycles. The van der Waals surface area contributed by atoms with Gasteiger partial charge in [-0.05, 0) is 75.1 Å². The summed E-state index contributed by atoms with van der Waals surface area (Å²) in [5, 5.41) is 3.04. The number of ether oxygens (including phenoxy) is 1. The van der Waals surface area contributed by atoms with E-state index in [0.717, 1.165) is 38.4 Å². The number of rotatable bonds is 5. The molecular weight excluding hydrogens is 374 g/mol. The Balaban J connectivity index is 1.36. The molecule has 2 aromatic carbocycles. The highest BCUT2D eigenvalue weighted by Crippen LogP contribution is 2.27. The summed E-state index contributed by atoms with van der Waals surface area (Å²) in [7, 11) is 0. The summed E-state index contributed by atoms with van der Waals surface area (Å²) >= 11 is 0. The van der Waals surface area contributed by atoms with Crippen molar-refractivity contribution in [2.75, 3.05) is 36.4 Å². The molecule has 0 aromatic heterocycles. The molecule has 0 saturated carbocycles. The number of morpholine rings is 1. The Hall–Kier alpha value is -2.37. The van der Waals surface area contributed by atoms with E-state index >= 15 is 0 Å². The highest BCUT2D eigenvalue weighted by atomic mass is 16.5. The molecule has 1 N–H and O–H groups in total. The molecule has 5 heteroatoms. The Bertz CT molecular complexity index is 864. The zero-order valence-corrected chi connectivity index (χ0v) is 18.4. The van der Waals surface area contributed by atoms with Crippen molar-refractivity contribution >= 4 is 17.3 Å². The molecule has 2 heterocycles. The lowest BCUT2D eigenvalue weighted by atomic mass is 10.1. The number of nitrogens with one attached hydrogen (secondary N) is 1. The molecule has 2 saturated heterocycles. The molecular formula is C25H33N3O2. The van der Waals surface area contributed by atoms with Gasteiger partial charge in [0.25, 0.3) is 5.91 Å². The first kappa shape index (κ1) is 20.9. The van der Waals surface area contributed by atoms with Gasteiger partial charge in [0, 0.05) is 49.7 Å². The largest absolute Gasteiger partial charge is 0.373 e. The SMILES string of the molecule is Cc1cc(NC(=O)c2ccc(CN3CC(C)OC(C)C3)cc2)ccc1N1CCCC1. The summed E-state index contributed by atoms with van der Waals surface area (Å²) in [5.41, 5.74) is 5.24. The fourth-order valence-electron chi connectivity index (χ4n) is 4.68. The summed E-state index contributed by atoms with van der Waals surface area (Å²) in [6.07, 6.45) is 3.05. The minimum Gasteiger partial charge on any atom is -0.373 e. The fraction of sp³-hybridized carbons (Fsp3) is 0.480. The minimum atomic E-state index is -0.0662. The van der Waals surface area contributed by atoms with Gasteiger partial charge in [-0.15, -0.1) is 0 Å². The predicted octanol–water partition coefficient (Wildman–Crippen LogP) is 4.46. The fourth-order valence-corrected chi connectivity index (χ4v) is 4.68. The summed E-state index contributed by atoms with van der Waals surface area (Å²) < 4.78 is 5.81. The van der Waals surface area contributed by atoms with Crippen LogP contribution in [0.5, 0.6) is 0 Å². The first-order valence-corrected chi connectivity index (χ1v) is 11.1. The van der Waals surface area contributed by atoms with Gasteiger partial charge >= 0.3 is 0 Å². The van der Waals surface area contributed by atoms with Crippen molar-refractivity contribution in [3.63, 3.8) is 0 Å². The van der Waals surface area contributed by atoms with E-state index in [1.54, 1.807) is 0 Å². The zero-order valence-electron chi connectivity index (χ0n) is 18.4. The van der Waals surface area contributed by atoms with Crippen molar-refractivity contribution in [2.45, 2.75) is 52.4 Å². The zero-order chi connectivity index (χ0) is 21.1. The molecule has 0 bridgehead atoms. The van der Waals surface area contributed by atoms with Gasteiger partial charge in [0.05, 0.1) is 12.2 Å². The minimum absolute atomic E-state index is 0.0662. The third-order valence-electron chi connectivity index (χ3n) is 6.02. The van der Waals surface area contributed by atoms with Gasteiger partial charge < -0.3 is 15.0 Å². The van der Waals surface area contributed by atoms with Crippen molar-refractivity contribution < 1.29 is 9.53 Å². The van der Waals surface area contributed by atoms with Gasteiger partial charge in [0.2, 0.25) is 0 Å². The molecule has 2 atom stereocenters. The predicted molar refractivity (Wildman–Crippen MR) is 122 cm³/mol. The quantitative estimate of drug-likeness (QED) is 0.795. The van der Waals surface area contributed by atoms with E-state index in [-0.39, 0.29) is 18.1 Å². The highest BCUT2D eigenvalue weighted by Gasteiger charge is 2.22. The van der Waals surface area contributed by atoms with Crippen LogP contribution < -0.4 is 10.2 Å². The first-order chi connectivity index (χ1) is 14.5. The maximum atomic E-state index is 12.7. The molecule has 160 valence electrons. The Labute approximate surface area is 180 Å². The Morgan fingerprint density at radius 1 is 1.03 bits per heavy atom. The van der Waals surface area contributed by atoms with E-state index in [4.69, 9.17) is 4.74 Å². The van der Waals surface area contributed by atoms with Gasteiger partial charge in [-0.1, -0.05) is 12.1 Å². The van der Waals surface area contributed by atoms with Crippen LogP contribution in [0.2, 0.25) is 0 Å². The third-order valence-corrected chi connectivity index (χ3v) is 6.02. The van der Waals surface area contributed by atoms with Crippen LogP contribution >= 0.6 is 0 Å². The van der Waals surface area contributed by atoms with E-state index in [2.05, 4.69) is 60.2 Å². The molecule has 2 unspecified atom stereocenters. The lowest BCUT2D eigenvalue weighted by Crippen LogP contribution is -2.44. The summed E-state index contributed by atoms with van der Waals surface area (Å²) in [6, 6.07) is 14.2. The molecule has 4 rings (SSSR count). The van der Waals surface area contributed by atoms with Crippen LogP contribution in [0.4, 0.5) is 11.4 Å². The molecule has 2 aromatic rings. The van der Waals surface area contributed by atoms with E-state index in [0.29, 0.717) is 5.56 Å². The molecule has 5 nitrogen and oxygen atoms in total. The second-order valence-electron chi connectivity index (χ2n) is 8.80. The number of anilines is 2. The monoisotopic (exact) mass is 407 g/mol. The average Bonchev–Trinajstić information content (AvgIpc) is 3.22. The molecule has 2 aliphatic rings. The van der Waals surface area contributed by atoms with Crippen molar-refractivity contribution in [1.29, 1.82) is 0 Å². The topological polar surface area (TPSA) is 44.8 Å². The maximum Gasteiger partial charge on any atom is 0.255 e. The lowest BCUT2D eigenvalue weighted by molar-refractivity contribution is -0.0704. The van der Waals surface area contributed by atoms with Gasteiger partial charge in [0.1, 0.15) is 0 Å². The molecule has 0 radical (unpaired) electrons. The van der Waals surface area contributed by atoms with E-state index in [1.165, 1.54) is 29.7 Å². The normalized spacial score (nSPS) is 22.3. The number of carbonyl (C=O) groups is 1. The van der Waals surface area contributed by atoms with E-state index < -0.39 is 0 Å².